The van der Waals surface area contributed by atoms with Crippen molar-refractivity contribution in [3.63, 3.8) is 0 Å². The molecule has 0 radical (unpaired) electrons. The van der Waals surface area contributed by atoms with Crippen LogP contribution in [0, 0.1) is 0 Å². The molecule has 2 heterocycles. The third-order valence-electron chi connectivity index (χ3n) is 10.6. The number of fused-ring (bicyclic) bond motifs is 3. The minimum atomic E-state index is -1.94. The second-order valence-electron chi connectivity index (χ2n) is 15.8. The molecule has 2 saturated heterocycles. The number of amides is 1. The Labute approximate surface area is 389 Å². The molecule has 0 bridgehead atoms. The normalized spacial score (nSPS) is 25.9. The van der Waals surface area contributed by atoms with E-state index in [0.29, 0.717) is 0 Å². The molecule has 0 saturated carbocycles. The van der Waals surface area contributed by atoms with Crippen molar-refractivity contribution in [3.05, 3.63) is 59.7 Å². The highest BCUT2D eigenvalue weighted by Gasteiger charge is 2.58. The Morgan fingerprint density at radius 3 is 1.41 bits per heavy atom. The predicted octanol–water partition coefficient (Wildman–Crippen LogP) is 2.00. The van der Waals surface area contributed by atoms with Crippen LogP contribution in [0.3, 0.4) is 0 Å². The van der Waals surface area contributed by atoms with E-state index in [1.807, 2.05) is 48.5 Å². The van der Waals surface area contributed by atoms with Gasteiger partial charge in [0.25, 0.3) is 0 Å². The molecular weight excluding hydrogens is 906 g/mol. The summed E-state index contributed by atoms with van der Waals surface area (Å²) in [5, 5.41) is 12.6. The summed E-state index contributed by atoms with van der Waals surface area (Å²) < 4.78 is 68.3. The van der Waals surface area contributed by atoms with Crippen molar-refractivity contribution in [2.45, 2.75) is 135 Å². The van der Waals surface area contributed by atoms with Crippen molar-refractivity contribution in [1.82, 2.24) is 5.32 Å². The molecule has 2 N–H and O–H groups in total. The van der Waals surface area contributed by atoms with Crippen molar-refractivity contribution < 1.29 is 105 Å². The Balaban J connectivity index is 1.46. The quantitative estimate of drug-likeness (QED) is 0.159. The van der Waals surface area contributed by atoms with Crippen molar-refractivity contribution in [2.75, 3.05) is 19.8 Å². The molecule has 1 aliphatic carbocycles. The number of carboxylic acids is 1. The van der Waals surface area contributed by atoms with Crippen LogP contribution in [0.4, 0.5) is 4.79 Å². The maximum atomic E-state index is 13.3. The van der Waals surface area contributed by atoms with Crippen LogP contribution in [0.1, 0.15) is 72.4 Å². The largest absolute Gasteiger partial charge is 0.480 e. The second-order valence-corrected chi connectivity index (χ2v) is 15.8. The van der Waals surface area contributed by atoms with Crippen molar-refractivity contribution in [2.24, 2.45) is 0 Å². The summed E-state index contributed by atoms with van der Waals surface area (Å²) in [6.45, 7) is 6.75. The molecule has 3 aliphatic rings. The predicted molar refractivity (Wildman–Crippen MR) is 223 cm³/mol. The molecule has 23 heteroatoms. The summed E-state index contributed by atoms with van der Waals surface area (Å²) >= 11 is 0. The molecule has 2 fully saturated rings. The fourth-order valence-electron chi connectivity index (χ4n) is 8.02. The Morgan fingerprint density at radius 2 is 0.941 bits per heavy atom. The zero-order valence-corrected chi connectivity index (χ0v) is 38.3. The van der Waals surface area contributed by atoms with Crippen LogP contribution < -0.4 is 5.32 Å². The van der Waals surface area contributed by atoms with E-state index in [1.165, 1.54) is 6.92 Å². The third-order valence-corrected chi connectivity index (χ3v) is 10.6. The Kier molecular flexibility index (Phi) is 18.0. The first kappa shape index (κ1) is 52.3. The summed E-state index contributed by atoms with van der Waals surface area (Å²) in [6.07, 6.45) is -20.3. The van der Waals surface area contributed by atoms with Crippen molar-refractivity contribution in [3.8, 4) is 11.1 Å². The van der Waals surface area contributed by atoms with Crippen molar-refractivity contribution in [1.29, 1.82) is 0 Å². The second kappa shape index (κ2) is 23.4. The highest BCUT2D eigenvalue weighted by Crippen LogP contribution is 2.44. The van der Waals surface area contributed by atoms with Gasteiger partial charge < -0.3 is 67.3 Å². The zero-order chi connectivity index (χ0) is 50.0. The zero-order valence-electron chi connectivity index (χ0n) is 38.3. The first-order chi connectivity index (χ1) is 32.1. The van der Waals surface area contributed by atoms with E-state index in [9.17, 15) is 48.3 Å². The van der Waals surface area contributed by atoms with Crippen LogP contribution in [0.15, 0.2) is 48.5 Å². The van der Waals surface area contributed by atoms with Crippen LogP contribution in [-0.2, 0) is 95.2 Å². The third kappa shape index (κ3) is 13.5. The van der Waals surface area contributed by atoms with Crippen molar-refractivity contribution >= 4 is 53.8 Å². The standard InChI is InChI=1S/C45H53NO22/c1-20(35(42(54)55)46-45(56)59-17-32-30-15-11-9-13-28(30)29-14-10-12-16-31(29)32)60-43-40(64-26(7)52)39(63-25(6)51)37(34(66-43)19-58-22(3)48)68-44-41(65-27(8)53)38(62-24(5)50)36(61-23(4)49)33(67-44)18-57-21(2)47/h9-16,20,32-41,43-44H,17-19H2,1-8H3,(H,46,56)(H,54,55)/t20-,33+,34+,35+,36+,37-,38-,39-,40-,41+,43-,44-/m1/s1. The van der Waals surface area contributed by atoms with Gasteiger partial charge in [-0.1, -0.05) is 48.5 Å². The fourth-order valence-corrected chi connectivity index (χ4v) is 8.02. The number of carbonyl (C=O) groups is 9. The molecule has 2 aliphatic heterocycles. The smallest absolute Gasteiger partial charge is 0.407 e. The first-order valence-corrected chi connectivity index (χ1v) is 21.2. The lowest BCUT2D eigenvalue weighted by molar-refractivity contribution is -0.364. The van der Waals surface area contributed by atoms with Gasteiger partial charge in [0.05, 0.1) is 6.10 Å². The fraction of sp³-hybridized carbons (Fsp3) is 0.533. The number of alkyl carbamates (subject to hydrolysis) is 1. The topological polar surface area (TPSA) is 297 Å². The number of hydrogen-bond donors (Lipinski definition) is 2. The molecular formula is C45H53NO22. The number of ether oxygens (including phenoxy) is 12. The summed E-state index contributed by atoms with van der Waals surface area (Å²) in [7, 11) is 0. The minimum Gasteiger partial charge on any atom is -0.480 e. The molecule has 370 valence electrons. The molecule has 0 unspecified atom stereocenters. The van der Waals surface area contributed by atoms with Gasteiger partial charge >= 0.3 is 53.8 Å². The van der Waals surface area contributed by atoms with E-state index >= 15 is 0 Å². The van der Waals surface area contributed by atoms with E-state index in [1.54, 1.807) is 0 Å². The molecule has 0 spiro atoms. The van der Waals surface area contributed by atoms with Gasteiger partial charge in [0.2, 0.25) is 0 Å². The Hall–Kier alpha value is -6.69. The van der Waals surface area contributed by atoms with E-state index in [2.05, 4.69) is 5.32 Å². The number of aliphatic carboxylic acids is 1. The van der Waals surface area contributed by atoms with Crippen LogP contribution in [0.2, 0.25) is 0 Å². The van der Waals surface area contributed by atoms with Gasteiger partial charge in [-0.05, 0) is 29.2 Å². The number of nitrogens with one attached hydrogen (secondary N) is 1. The average molecular weight is 960 g/mol. The number of hydrogen-bond acceptors (Lipinski definition) is 21. The van der Waals surface area contributed by atoms with E-state index in [4.69, 9.17) is 56.8 Å². The van der Waals surface area contributed by atoms with Crippen LogP contribution in [0.5, 0.6) is 0 Å². The van der Waals surface area contributed by atoms with E-state index in [-0.39, 0.29) is 12.5 Å². The number of carbonyl (C=O) groups excluding carboxylic acids is 8. The highest BCUT2D eigenvalue weighted by atomic mass is 16.8. The molecule has 5 rings (SSSR count). The Morgan fingerprint density at radius 1 is 0.529 bits per heavy atom. The molecule has 2 aromatic carbocycles. The molecule has 2 aromatic rings. The van der Waals surface area contributed by atoms with Gasteiger partial charge in [-0.3, -0.25) is 33.6 Å². The number of benzene rings is 2. The number of esters is 7. The summed E-state index contributed by atoms with van der Waals surface area (Å²) in [4.78, 5) is 113. The molecule has 12 atom stereocenters. The maximum Gasteiger partial charge on any atom is 0.407 e. The van der Waals surface area contributed by atoms with Gasteiger partial charge in [0, 0.05) is 54.4 Å². The van der Waals surface area contributed by atoms with Crippen LogP contribution in [-0.4, -0.2) is 152 Å². The lowest BCUT2D eigenvalue weighted by atomic mass is 9.96. The lowest BCUT2D eigenvalue weighted by Crippen LogP contribution is -2.67. The Bertz CT molecular complexity index is 2170. The SMILES string of the molecule is CC(=O)OC[C@@H]1O[C@H](O[C@H]2[C@@H](OC(C)=O)[C@@H](OC(C)=O)[C@H](O[C@H](C)[C@H](NC(=O)OCC3c4ccccc4-c4ccccc43)C(=O)O)O[C@H]2COC(C)=O)[C@@H](OC(C)=O)[C@H](OC(C)=O)[C@H]1OC(C)=O. The molecule has 1 amide bonds. The van der Waals surface area contributed by atoms with E-state index in [0.717, 1.165) is 70.7 Å². The van der Waals surface area contributed by atoms with E-state index < -0.39 is 141 Å². The lowest BCUT2D eigenvalue weighted by Gasteiger charge is -2.49. The highest BCUT2D eigenvalue weighted by molar-refractivity contribution is 5.81. The summed E-state index contributed by atoms with van der Waals surface area (Å²) in [6, 6.07) is 13.3. The maximum absolute atomic E-state index is 13.3. The molecule has 0 aromatic heterocycles. The number of carboxylic acid groups (broad SMARTS) is 1. The minimum absolute atomic E-state index is 0.162. The summed E-state index contributed by atoms with van der Waals surface area (Å²) in [5.74, 6) is -8.49. The average Bonchev–Trinajstić information content (AvgIpc) is 3.57. The first-order valence-electron chi connectivity index (χ1n) is 21.2. The van der Waals surface area contributed by atoms with Gasteiger partial charge in [-0.2, -0.15) is 0 Å². The summed E-state index contributed by atoms with van der Waals surface area (Å²) in [5.41, 5.74) is 3.73. The van der Waals surface area contributed by atoms with Gasteiger partial charge in [0.1, 0.15) is 38.1 Å². The molecule has 68 heavy (non-hydrogen) atoms. The van der Waals surface area contributed by atoms with Crippen LogP contribution >= 0.6 is 0 Å². The molecule has 23 nitrogen and oxygen atoms in total. The number of rotatable bonds is 18. The monoisotopic (exact) mass is 959 g/mol. The van der Waals surface area contributed by atoms with Gasteiger partial charge in [-0.15, -0.1) is 0 Å². The van der Waals surface area contributed by atoms with Gasteiger partial charge in [-0.25, -0.2) is 9.59 Å². The van der Waals surface area contributed by atoms with Crippen LogP contribution in [0.25, 0.3) is 11.1 Å². The van der Waals surface area contributed by atoms with Gasteiger partial charge in [0.15, 0.2) is 49.1 Å².